The predicted octanol–water partition coefficient (Wildman–Crippen LogP) is 4.06. The SMILES string of the molecule is CCOC(=O)c1c(C)nsc1NCc1sccc1Br. The maximum atomic E-state index is 11.9. The maximum absolute atomic E-state index is 11.9. The highest BCUT2D eigenvalue weighted by Crippen LogP contribution is 2.28. The number of aryl methyl sites for hydroxylation is 1. The Kier molecular flexibility index (Phi) is 4.95. The largest absolute Gasteiger partial charge is 0.462 e. The molecule has 0 atom stereocenters. The van der Waals surface area contributed by atoms with Gasteiger partial charge in [0.15, 0.2) is 0 Å². The van der Waals surface area contributed by atoms with Gasteiger partial charge in [-0.3, -0.25) is 0 Å². The lowest BCUT2D eigenvalue weighted by Crippen LogP contribution is -2.08. The minimum Gasteiger partial charge on any atom is -0.462 e. The Morgan fingerprint density at radius 2 is 2.37 bits per heavy atom. The number of carbonyl (C=O) groups excluding carboxylic acids is 1. The molecule has 2 aromatic rings. The van der Waals surface area contributed by atoms with Crippen LogP contribution in [-0.4, -0.2) is 16.9 Å². The lowest BCUT2D eigenvalue weighted by atomic mass is 10.2. The zero-order valence-corrected chi connectivity index (χ0v) is 13.7. The molecule has 0 amide bonds. The number of thiophene rings is 1. The van der Waals surface area contributed by atoms with Gasteiger partial charge < -0.3 is 10.1 Å². The van der Waals surface area contributed by atoms with E-state index in [1.54, 1.807) is 18.3 Å². The summed E-state index contributed by atoms with van der Waals surface area (Å²) in [5.41, 5.74) is 1.25. The Bertz CT molecular complexity index is 580. The number of hydrogen-bond acceptors (Lipinski definition) is 6. The van der Waals surface area contributed by atoms with Crippen molar-refractivity contribution in [1.82, 2.24) is 4.37 Å². The Morgan fingerprint density at radius 3 is 3.00 bits per heavy atom. The number of nitrogens with one attached hydrogen (secondary N) is 1. The van der Waals surface area contributed by atoms with Gasteiger partial charge in [0.1, 0.15) is 10.6 Å². The van der Waals surface area contributed by atoms with E-state index in [9.17, 15) is 4.79 Å². The van der Waals surface area contributed by atoms with Crippen LogP contribution in [0.1, 0.15) is 27.9 Å². The van der Waals surface area contributed by atoms with Crippen molar-refractivity contribution >= 4 is 49.8 Å². The van der Waals surface area contributed by atoms with Crippen molar-refractivity contribution < 1.29 is 9.53 Å². The van der Waals surface area contributed by atoms with Crippen LogP contribution in [0.4, 0.5) is 5.00 Å². The van der Waals surface area contributed by atoms with Crippen LogP contribution in [0, 0.1) is 6.92 Å². The highest BCUT2D eigenvalue weighted by atomic mass is 79.9. The van der Waals surface area contributed by atoms with Crippen LogP contribution in [0.2, 0.25) is 0 Å². The van der Waals surface area contributed by atoms with Crippen LogP contribution in [0.25, 0.3) is 0 Å². The van der Waals surface area contributed by atoms with E-state index in [4.69, 9.17) is 4.74 Å². The Hall–Kier alpha value is -0.920. The lowest BCUT2D eigenvalue weighted by Gasteiger charge is -2.06. The van der Waals surface area contributed by atoms with Gasteiger partial charge in [-0.25, -0.2) is 4.79 Å². The Morgan fingerprint density at radius 1 is 1.58 bits per heavy atom. The van der Waals surface area contributed by atoms with Crippen molar-refractivity contribution in [2.75, 3.05) is 11.9 Å². The highest BCUT2D eigenvalue weighted by molar-refractivity contribution is 9.10. The van der Waals surface area contributed by atoms with Gasteiger partial charge in [0.2, 0.25) is 0 Å². The molecule has 1 N–H and O–H groups in total. The van der Waals surface area contributed by atoms with Crippen LogP contribution in [0.3, 0.4) is 0 Å². The van der Waals surface area contributed by atoms with Gasteiger partial charge in [-0.05, 0) is 52.8 Å². The Labute approximate surface area is 128 Å². The first kappa shape index (κ1) is 14.5. The first-order chi connectivity index (χ1) is 9.13. The number of aromatic nitrogens is 1. The molecule has 0 unspecified atom stereocenters. The number of hydrogen-bond donors (Lipinski definition) is 1. The number of halogens is 1. The maximum Gasteiger partial charge on any atom is 0.343 e. The minimum atomic E-state index is -0.318. The second-order valence-corrected chi connectivity index (χ2v) is 6.37. The van der Waals surface area contributed by atoms with E-state index in [0.717, 1.165) is 9.47 Å². The summed E-state index contributed by atoms with van der Waals surface area (Å²) in [6.07, 6.45) is 0. The normalized spacial score (nSPS) is 10.5. The third-order valence-corrected chi connectivity index (χ3v) is 5.27. The molecule has 0 spiro atoms. The second kappa shape index (κ2) is 6.49. The van der Waals surface area contributed by atoms with E-state index in [0.29, 0.717) is 24.4 Å². The van der Waals surface area contributed by atoms with Gasteiger partial charge in [-0.2, -0.15) is 4.37 Å². The third-order valence-electron chi connectivity index (χ3n) is 2.44. The molecule has 0 aliphatic heterocycles. The number of carbonyl (C=O) groups is 1. The van der Waals surface area contributed by atoms with E-state index in [1.165, 1.54) is 16.4 Å². The number of anilines is 1. The van der Waals surface area contributed by atoms with Crippen molar-refractivity contribution in [3.63, 3.8) is 0 Å². The van der Waals surface area contributed by atoms with E-state index in [-0.39, 0.29) is 5.97 Å². The molecule has 0 aliphatic carbocycles. The third kappa shape index (κ3) is 3.34. The summed E-state index contributed by atoms with van der Waals surface area (Å²) in [4.78, 5) is 13.1. The molecule has 102 valence electrons. The van der Waals surface area contributed by atoms with Crippen LogP contribution < -0.4 is 5.32 Å². The lowest BCUT2D eigenvalue weighted by molar-refractivity contribution is 0.0527. The molecule has 7 heteroatoms. The van der Waals surface area contributed by atoms with Crippen LogP contribution in [0.5, 0.6) is 0 Å². The van der Waals surface area contributed by atoms with Crippen molar-refractivity contribution in [3.05, 3.63) is 32.1 Å². The summed E-state index contributed by atoms with van der Waals surface area (Å²) >= 11 is 6.43. The molecule has 0 bridgehead atoms. The summed E-state index contributed by atoms with van der Waals surface area (Å²) in [6, 6.07) is 2.01. The van der Waals surface area contributed by atoms with Crippen molar-refractivity contribution in [2.45, 2.75) is 20.4 Å². The fourth-order valence-corrected chi connectivity index (χ4v) is 3.76. The number of esters is 1. The summed E-state index contributed by atoms with van der Waals surface area (Å²) in [5, 5.41) is 6.03. The van der Waals surface area contributed by atoms with Gasteiger partial charge >= 0.3 is 5.97 Å². The van der Waals surface area contributed by atoms with Crippen LogP contribution >= 0.6 is 38.8 Å². The predicted molar refractivity (Wildman–Crippen MR) is 82.2 cm³/mol. The molecule has 0 saturated carbocycles. The smallest absolute Gasteiger partial charge is 0.343 e. The molecule has 0 radical (unpaired) electrons. The monoisotopic (exact) mass is 360 g/mol. The molecule has 0 fully saturated rings. The zero-order valence-electron chi connectivity index (χ0n) is 10.5. The van der Waals surface area contributed by atoms with E-state index >= 15 is 0 Å². The average Bonchev–Trinajstić information content (AvgIpc) is 2.93. The summed E-state index contributed by atoms with van der Waals surface area (Å²) in [7, 11) is 0. The van der Waals surface area contributed by atoms with Crippen molar-refractivity contribution in [1.29, 1.82) is 0 Å². The van der Waals surface area contributed by atoms with Crippen LogP contribution in [0.15, 0.2) is 15.9 Å². The molecule has 0 aromatic carbocycles. The topological polar surface area (TPSA) is 51.2 Å². The molecule has 19 heavy (non-hydrogen) atoms. The van der Waals surface area contributed by atoms with Crippen molar-refractivity contribution in [3.8, 4) is 0 Å². The molecule has 0 saturated heterocycles. The molecular weight excluding hydrogens is 348 g/mol. The molecule has 0 aliphatic rings. The van der Waals surface area contributed by atoms with E-state index < -0.39 is 0 Å². The quantitative estimate of drug-likeness (QED) is 0.816. The summed E-state index contributed by atoms with van der Waals surface area (Å²) in [6.45, 7) is 4.63. The summed E-state index contributed by atoms with van der Waals surface area (Å²) in [5.74, 6) is -0.318. The number of ether oxygens (including phenoxy) is 1. The molecular formula is C12H13BrN2O2S2. The summed E-state index contributed by atoms with van der Waals surface area (Å²) < 4.78 is 10.3. The number of rotatable bonds is 5. The van der Waals surface area contributed by atoms with E-state index in [1.807, 2.05) is 18.4 Å². The highest BCUT2D eigenvalue weighted by Gasteiger charge is 2.19. The van der Waals surface area contributed by atoms with Gasteiger partial charge in [0.05, 0.1) is 18.8 Å². The first-order valence-electron chi connectivity index (χ1n) is 5.72. The fourth-order valence-electron chi connectivity index (χ4n) is 1.55. The number of nitrogens with zero attached hydrogens (tertiary/aromatic N) is 1. The molecule has 2 rings (SSSR count). The molecule has 4 nitrogen and oxygen atoms in total. The Balaban J connectivity index is 2.13. The molecule has 2 aromatic heterocycles. The standard InChI is InChI=1S/C12H13BrN2O2S2/c1-3-17-12(16)10-7(2)15-19-11(10)14-6-9-8(13)4-5-18-9/h4-5,14H,3,6H2,1-2H3. The minimum absolute atomic E-state index is 0.318. The zero-order chi connectivity index (χ0) is 13.8. The van der Waals surface area contributed by atoms with Crippen molar-refractivity contribution in [2.24, 2.45) is 0 Å². The second-order valence-electron chi connectivity index (χ2n) is 3.74. The van der Waals surface area contributed by atoms with E-state index in [2.05, 4.69) is 25.6 Å². The van der Waals surface area contributed by atoms with Crippen LogP contribution in [-0.2, 0) is 11.3 Å². The molecule has 2 heterocycles. The fraction of sp³-hybridized carbons (Fsp3) is 0.333. The van der Waals surface area contributed by atoms with Gasteiger partial charge in [-0.1, -0.05) is 0 Å². The average molecular weight is 361 g/mol. The first-order valence-corrected chi connectivity index (χ1v) is 8.17. The van der Waals surface area contributed by atoms with Gasteiger partial charge in [-0.15, -0.1) is 11.3 Å². The van der Waals surface area contributed by atoms with Gasteiger partial charge in [0, 0.05) is 9.35 Å². The van der Waals surface area contributed by atoms with Gasteiger partial charge in [0.25, 0.3) is 0 Å².